The van der Waals surface area contributed by atoms with Gasteiger partial charge in [0.05, 0.1) is 11.4 Å². The van der Waals surface area contributed by atoms with Crippen LogP contribution in [0.1, 0.15) is 6.92 Å². The average molecular weight is 298 g/mol. The predicted molar refractivity (Wildman–Crippen MR) is 72.0 cm³/mol. The highest BCUT2D eigenvalue weighted by molar-refractivity contribution is 9.10. The third-order valence-electron chi connectivity index (χ3n) is 2.29. The summed E-state index contributed by atoms with van der Waals surface area (Å²) in [7, 11) is 0. The number of carbonyl (C=O) groups excluding carboxylic acids is 1. The summed E-state index contributed by atoms with van der Waals surface area (Å²) in [5.41, 5.74) is 1.99. The first-order valence-corrected chi connectivity index (χ1v) is 6.73. The number of anilines is 1. The SMILES string of the molecule is C=C(C)CN1C(=O)CSc2cc(Br)ccc21. The van der Waals surface area contributed by atoms with E-state index in [1.807, 2.05) is 19.1 Å². The normalized spacial score (nSPS) is 14.9. The first-order chi connectivity index (χ1) is 7.58. The molecule has 1 aromatic carbocycles. The summed E-state index contributed by atoms with van der Waals surface area (Å²) < 4.78 is 1.04. The number of benzene rings is 1. The number of carbonyl (C=O) groups is 1. The minimum atomic E-state index is 0.155. The molecule has 84 valence electrons. The predicted octanol–water partition coefficient (Wildman–Crippen LogP) is 3.46. The monoisotopic (exact) mass is 297 g/mol. The number of nitrogens with zero attached hydrogens (tertiary/aromatic N) is 1. The van der Waals surface area contributed by atoms with E-state index in [1.54, 1.807) is 16.7 Å². The fourth-order valence-electron chi connectivity index (χ4n) is 1.62. The second-order valence-electron chi connectivity index (χ2n) is 3.84. The van der Waals surface area contributed by atoms with E-state index in [1.165, 1.54) is 0 Å². The summed E-state index contributed by atoms with van der Waals surface area (Å²) in [5.74, 6) is 0.666. The summed E-state index contributed by atoms with van der Waals surface area (Å²) in [6.45, 7) is 6.41. The van der Waals surface area contributed by atoms with Gasteiger partial charge in [0.25, 0.3) is 0 Å². The molecule has 0 unspecified atom stereocenters. The van der Waals surface area contributed by atoms with Gasteiger partial charge >= 0.3 is 0 Å². The Labute approximate surface area is 108 Å². The van der Waals surface area contributed by atoms with Crippen LogP contribution < -0.4 is 4.90 Å². The molecule has 16 heavy (non-hydrogen) atoms. The molecule has 0 spiro atoms. The fourth-order valence-corrected chi connectivity index (χ4v) is 3.11. The fraction of sp³-hybridized carbons (Fsp3) is 0.250. The van der Waals surface area contributed by atoms with Crippen LogP contribution in [-0.2, 0) is 4.79 Å². The topological polar surface area (TPSA) is 20.3 Å². The molecule has 0 saturated carbocycles. The lowest BCUT2D eigenvalue weighted by Crippen LogP contribution is -2.36. The summed E-state index contributed by atoms with van der Waals surface area (Å²) >= 11 is 5.03. The van der Waals surface area contributed by atoms with Gasteiger partial charge < -0.3 is 4.90 Å². The molecular weight excluding hydrogens is 286 g/mol. The molecule has 2 nitrogen and oxygen atoms in total. The second-order valence-corrected chi connectivity index (χ2v) is 5.77. The van der Waals surface area contributed by atoms with Crippen molar-refractivity contribution in [3.8, 4) is 0 Å². The molecule has 0 saturated heterocycles. The Balaban J connectivity index is 2.40. The zero-order valence-corrected chi connectivity index (χ0v) is 11.4. The Morgan fingerprint density at radius 1 is 1.62 bits per heavy atom. The van der Waals surface area contributed by atoms with E-state index in [2.05, 4.69) is 28.6 Å². The maximum atomic E-state index is 11.8. The highest BCUT2D eigenvalue weighted by atomic mass is 79.9. The Bertz CT molecular complexity index is 458. The Hall–Kier alpha value is -0.740. The van der Waals surface area contributed by atoms with E-state index in [0.717, 1.165) is 20.6 Å². The number of hydrogen-bond donors (Lipinski definition) is 0. The number of halogens is 1. The number of amides is 1. The van der Waals surface area contributed by atoms with Crippen LogP contribution in [0.25, 0.3) is 0 Å². The lowest BCUT2D eigenvalue weighted by molar-refractivity contribution is -0.116. The summed E-state index contributed by atoms with van der Waals surface area (Å²) in [6.07, 6.45) is 0. The van der Waals surface area contributed by atoms with Gasteiger partial charge in [-0.3, -0.25) is 4.79 Å². The number of thioether (sulfide) groups is 1. The lowest BCUT2D eigenvalue weighted by Gasteiger charge is -2.29. The molecule has 4 heteroatoms. The molecule has 1 aliphatic heterocycles. The molecule has 0 bridgehead atoms. The van der Waals surface area contributed by atoms with Crippen LogP contribution in [0.5, 0.6) is 0 Å². The van der Waals surface area contributed by atoms with E-state index in [0.29, 0.717) is 12.3 Å². The molecular formula is C12H12BrNOS. The van der Waals surface area contributed by atoms with Crippen LogP contribution in [0.15, 0.2) is 39.7 Å². The van der Waals surface area contributed by atoms with Crippen molar-refractivity contribution in [1.29, 1.82) is 0 Å². The van der Waals surface area contributed by atoms with Crippen molar-refractivity contribution < 1.29 is 4.79 Å². The highest BCUT2D eigenvalue weighted by Crippen LogP contribution is 2.37. The van der Waals surface area contributed by atoms with Crippen molar-refractivity contribution in [2.24, 2.45) is 0 Å². The van der Waals surface area contributed by atoms with E-state index < -0.39 is 0 Å². The van der Waals surface area contributed by atoms with Crippen LogP contribution in [0.2, 0.25) is 0 Å². The standard InChI is InChI=1S/C12H12BrNOS/c1-8(2)6-14-10-4-3-9(13)5-11(10)16-7-12(14)15/h3-5H,1,6-7H2,2H3. The first-order valence-electron chi connectivity index (χ1n) is 4.95. The van der Waals surface area contributed by atoms with Crippen molar-refractivity contribution in [2.75, 3.05) is 17.2 Å². The number of rotatable bonds is 2. The zero-order chi connectivity index (χ0) is 11.7. The third-order valence-corrected chi connectivity index (χ3v) is 3.82. The molecule has 0 atom stereocenters. The van der Waals surface area contributed by atoms with Gasteiger partial charge in [0.2, 0.25) is 5.91 Å². The molecule has 0 radical (unpaired) electrons. The van der Waals surface area contributed by atoms with Crippen molar-refractivity contribution in [1.82, 2.24) is 0 Å². The largest absolute Gasteiger partial charge is 0.306 e. The molecule has 1 aromatic rings. The summed E-state index contributed by atoms with van der Waals surface area (Å²) in [4.78, 5) is 14.8. The maximum absolute atomic E-state index is 11.8. The number of hydrogen-bond acceptors (Lipinski definition) is 2. The Morgan fingerprint density at radius 3 is 3.06 bits per heavy atom. The van der Waals surface area contributed by atoms with Crippen molar-refractivity contribution in [2.45, 2.75) is 11.8 Å². The van der Waals surface area contributed by atoms with Gasteiger partial charge in [-0.25, -0.2) is 0 Å². The van der Waals surface area contributed by atoms with Gasteiger partial charge in [-0.15, -0.1) is 11.8 Å². The van der Waals surface area contributed by atoms with Crippen LogP contribution >= 0.6 is 27.7 Å². The minimum absolute atomic E-state index is 0.155. The van der Waals surface area contributed by atoms with Gasteiger partial charge in [0.15, 0.2) is 0 Å². The average Bonchev–Trinajstić information content (AvgIpc) is 2.22. The molecule has 0 fully saturated rings. The maximum Gasteiger partial charge on any atom is 0.237 e. The minimum Gasteiger partial charge on any atom is -0.306 e. The third kappa shape index (κ3) is 2.33. The molecule has 1 amide bonds. The van der Waals surface area contributed by atoms with E-state index in [9.17, 15) is 4.79 Å². The van der Waals surface area contributed by atoms with Gasteiger partial charge in [-0.05, 0) is 25.1 Å². The van der Waals surface area contributed by atoms with E-state index in [-0.39, 0.29) is 5.91 Å². The van der Waals surface area contributed by atoms with Crippen molar-refractivity contribution in [3.63, 3.8) is 0 Å². The lowest BCUT2D eigenvalue weighted by atomic mass is 10.2. The molecule has 0 aromatic heterocycles. The smallest absolute Gasteiger partial charge is 0.237 e. The van der Waals surface area contributed by atoms with Crippen LogP contribution in [-0.4, -0.2) is 18.2 Å². The zero-order valence-electron chi connectivity index (χ0n) is 9.00. The second kappa shape index (κ2) is 4.63. The Kier molecular flexibility index (Phi) is 3.40. The highest BCUT2D eigenvalue weighted by Gasteiger charge is 2.24. The van der Waals surface area contributed by atoms with Crippen LogP contribution in [0.4, 0.5) is 5.69 Å². The van der Waals surface area contributed by atoms with E-state index >= 15 is 0 Å². The number of fused-ring (bicyclic) bond motifs is 1. The van der Waals surface area contributed by atoms with Gasteiger partial charge in [0, 0.05) is 15.9 Å². The summed E-state index contributed by atoms with van der Waals surface area (Å²) in [6, 6.07) is 5.99. The first kappa shape index (κ1) is 11.7. The van der Waals surface area contributed by atoms with Crippen molar-refractivity contribution in [3.05, 3.63) is 34.8 Å². The molecule has 2 rings (SSSR count). The van der Waals surface area contributed by atoms with Gasteiger partial charge in [-0.1, -0.05) is 28.1 Å². The summed E-state index contributed by atoms with van der Waals surface area (Å²) in [5, 5.41) is 0. The Morgan fingerprint density at radius 2 is 2.38 bits per heavy atom. The molecule has 0 N–H and O–H groups in total. The molecule has 1 aliphatic rings. The van der Waals surface area contributed by atoms with Crippen LogP contribution in [0, 0.1) is 0 Å². The molecule has 0 aliphatic carbocycles. The van der Waals surface area contributed by atoms with Crippen molar-refractivity contribution >= 4 is 39.3 Å². The van der Waals surface area contributed by atoms with Gasteiger partial charge in [0.1, 0.15) is 0 Å². The van der Waals surface area contributed by atoms with E-state index in [4.69, 9.17) is 0 Å². The van der Waals surface area contributed by atoms with Crippen LogP contribution in [0.3, 0.4) is 0 Å². The van der Waals surface area contributed by atoms with Gasteiger partial charge in [-0.2, -0.15) is 0 Å². The molecule has 1 heterocycles. The quantitative estimate of drug-likeness (QED) is 0.779.